The second-order valence-corrected chi connectivity index (χ2v) is 8.04. The standard InChI is InChI=1S/C23H25ClN4/c1-15-5-11-21-20(13-15)23(17-3-2-4-19(14-17)28-25)27-22(26-21)12-8-16-6-9-18(24)10-7-16/h5-13,17,19,28H,2-4,14,25H2,1H3. The minimum Gasteiger partial charge on any atom is -0.271 e. The highest BCUT2D eigenvalue weighted by Crippen LogP contribution is 2.35. The summed E-state index contributed by atoms with van der Waals surface area (Å²) in [6.07, 6.45) is 8.44. The molecule has 144 valence electrons. The number of fused-ring (bicyclic) bond motifs is 1. The fraction of sp³-hybridized carbons (Fsp3) is 0.304. The van der Waals surface area contributed by atoms with Crippen LogP contribution in [0.15, 0.2) is 42.5 Å². The van der Waals surface area contributed by atoms with Crippen LogP contribution in [-0.4, -0.2) is 16.0 Å². The zero-order chi connectivity index (χ0) is 19.5. The zero-order valence-electron chi connectivity index (χ0n) is 16.0. The minimum atomic E-state index is 0.349. The van der Waals surface area contributed by atoms with Gasteiger partial charge in [0.05, 0.1) is 11.2 Å². The van der Waals surface area contributed by atoms with Gasteiger partial charge in [-0.2, -0.15) is 0 Å². The van der Waals surface area contributed by atoms with Crippen molar-refractivity contribution in [3.05, 3.63) is 70.1 Å². The molecule has 0 amide bonds. The van der Waals surface area contributed by atoms with Crippen molar-refractivity contribution in [3.63, 3.8) is 0 Å². The number of aryl methyl sites for hydroxylation is 1. The topological polar surface area (TPSA) is 63.8 Å². The van der Waals surface area contributed by atoms with E-state index in [-0.39, 0.29) is 0 Å². The highest BCUT2D eigenvalue weighted by atomic mass is 35.5. The van der Waals surface area contributed by atoms with E-state index in [1.54, 1.807) is 0 Å². The van der Waals surface area contributed by atoms with Gasteiger partial charge in [0, 0.05) is 22.4 Å². The third-order valence-corrected chi connectivity index (χ3v) is 5.74. The first-order valence-electron chi connectivity index (χ1n) is 9.80. The van der Waals surface area contributed by atoms with E-state index < -0.39 is 0 Å². The average molecular weight is 393 g/mol. The number of hydrogen-bond donors (Lipinski definition) is 2. The van der Waals surface area contributed by atoms with Crippen LogP contribution in [0.2, 0.25) is 5.02 Å². The highest BCUT2D eigenvalue weighted by molar-refractivity contribution is 6.30. The van der Waals surface area contributed by atoms with Crippen molar-refractivity contribution in [2.24, 2.45) is 5.84 Å². The van der Waals surface area contributed by atoms with Crippen LogP contribution in [-0.2, 0) is 0 Å². The molecular formula is C23H25ClN4. The van der Waals surface area contributed by atoms with Crippen molar-refractivity contribution in [3.8, 4) is 0 Å². The number of hydrogen-bond acceptors (Lipinski definition) is 4. The Morgan fingerprint density at radius 3 is 2.68 bits per heavy atom. The van der Waals surface area contributed by atoms with Crippen LogP contribution in [0.3, 0.4) is 0 Å². The van der Waals surface area contributed by atoms with E-state index in [2.05, 4.69) is 30.5 Å². The minimum absolute atomic E-state index is 0.349. The smallest absolute Gasteiger partial charge is 0.152 e. The van der Waals surface area contributed by atoms with Gasteiger partial charge in [-0.05, 0) is 62.1 Å². The van der Waals surface area contributed by atoms with Crippen molar-refractivity contribution < 1.29 is 0 Å². The number of nitrogens with two attached hydrogens (primary N) is 1. The van der Waals surface area contributed by atoms with Gasteiger partial charge in [-0.25, -0.2) is 9.97 Å². The summed E-state index contributed by atoms with van der Waals surface area (Å²) in [7, 11) is 0. The molecule has 0 bridgehead atoms. The van der Waals surface area contributed by atoms with E-state index in [0.29, 0.717) is 12.0 Å². The fourth-order valence-electron chi connectivity index (χ4n) is 4.00. The second-order valence-electron chi connectivity index (χ2n) is 7.60. The molecule has 1 heterocycles. The molecule has 3 aromatic rings. The summed E-state index contributed by atoms with van der Waals surface area (Å²) in [4.78, 5) is 9.75. The lowest BCUT2D eigenvalue weighted by Crippen LogP contribution is -2.38. The van der Waals surface area contributed by atoms with E-state index in [4.69, 9.17) is 27.4 Å². The quantitative estimate of drug-likeness (QED) is 0.470. The summed E-state index contributed by atoms with van der Waals surface area (Å²) >= 11 is 5.97. The Kier molecular flexibility index (Phi) is 5.72. The van der Waals surface area contributed by atoms with Crippen LogP contribution in [0.4, 0.5) is 0 Å². The number of nitrogens with one attached hydrogen (secondary N) is 1. The van der Waals surface area contributed by atoms with Crippen LogP contribution in [0, 0.1) is 6.92 Å². The first kappa shape index (κ1) is 19.1. The summed E-state index contributed by atoms with van der Waals surface area (Å²) in [5.74, 6) is 6.86. The molecule has 28 heavy (non-hydrogen) atoms. The van der Waals surface area contributed by atoms with Crippen LogP contribution in [0.25, 0.3) is 23.1 Å². The molecule has 0 saturated heterocycles. The molecule has 1 aliphatic rings. The molecule has 2 aromatic carbocycles. The van der Waals surface area contributed by atoms with Gasteiger partial charge in [0.25, 0.3) is 0 Å². The van der Waals surface area contributed by atoms with Gasteiger partial charge in [-0.3, -0.25) is 11.3 Å². The first-order chi connectivity index (χ1) is 13.6. The molecule has 1 aliphatic carbocycles. The zero-order valence-corrected chi connectivity index (χ0v) is 16.8. The van der Waals surface area contributed by atoms with Crippen LogP contribution >= 0.6 is 11.6 Å². The van der Waals surface area contributed by atoms with E-state index in [1.807, 2.05) is 36.4 Å². The number of halogens is 1. The molecule has 1 aromatic heterocycles. The second kappa shape index (κ2) is 8.39. The third kappa shape index (κ3) is 4.25. The summed E-state index contributed by atoms with van der Waals surface area (Å²) in [6, 6.07) is 14.5. The Balaban J connectivity index is 1.74. The van der Waals surface area contributed by atoms with Crippen molar-refractivity contribution in [2.45, 2.75) is 44.6 Å². The molecule has 4 rings (SSSR count). The van der Waals surface area contributed by atoms with Gasteiger partial charge in [-0.1, -0.05) is 47.9 Å². The van der Waals surface area contributed by atoms with Crippen molar-refractivity contribution in [1.29, 1.82) is 0 Å². The molecule has 3 N–H and O–H groups in total. The molecule has 2 unspecified atom stereocenters. The predicted octanol–water partition coefficient (Wildman–Crippen LogP) is 5.25. The lowest BCUT2D eigenvalue weighted by molar-refractivity contribution is 0.341. The molecule has 1 fully saturated rings. The van der Waals surface area contributed by atoms with E-state index in [0.717, 1.165) is 58.7 Å². The molecule has 0 aliphatic heterocycles. The molecule has 5 heteroatoms. The molecular weight excluding hydrogens is 368 g/mol. The summed E-state index contributed by atoms with van der Waals surface area (Å²) in [5, 5.41) is 1.89. The van der Waals surface area contributed by atoms with Crippen LogP contribution < -0.4 is 11.3 Å². The van der Waals surface area contributed by atoms with E-state index in [9.17, 15) is 0 Å². The van der Waals surface area contributed by atoms with Crippen molar-refractivity contribution in [2.75, 3.05) is 0 Å². The lowest BCUT2D eigenvalue weighted by atomic mass is 9.82. The predicted molar refractivity (Wildman–Crippen MR) is 117 cm³/mol. The Labute approximate surface area is 170 Å². The maximum atomic E-state index is 5.97. The molecule has 4 nitrogen and oxygen atoms in total. The Morgan fingerprint density at radius 1 is 1.07 bits per heavy atom. The lowest BCUT2D eigenvalue weighted by Gasteiger charge is -2.29. The van der Waals surface area contributed by atoms with Gasteiger partial charge in [-0.15, -0.1) is 0 Å². The van der Waals surface area contributed by atoms with Gasteiger partial charge in [0.15, 0.2) is 5.82 Å². The molecule has 0 spiro atoms. The van der Waals surface area contributed by atoms with E-state index >= 15 is 0 Å². The number of nitrogens with zero attached hydrogens (tertiary/aromatic N) is 2. The highest BCUT2D eigenvalue weighted by Gasteiger charge is 2.25. The maximum Gasteiger partial charge on any atom is 0.152 e. The van der Waals surface area contributed by atoms with Gasteiger partial charge >= 0.3 is 0 Å². The van der Waals surface area contributed by atoms with E-state index in [1.165, 1.54) is 5.56 Å². The van der Waals surface area contributed by atoms with Crippen LogP contribution in [0.1, 0.15) is 54.2 Å². The molecule has 2 atom stereocenters. The van der Waals surface area contributed by atoms with Gasteiger partial charge in [0.2, 0.25) is 0 Å². The monoisotopic (exact) mass is 392 g/mol. The number of benzene rings is 2. The molecule has 0 radical (unpaired) electrons. The van der Waals surface area contributed by atoms with Crippen molar-refractivity contribution in [1.82, 2.24) is 15.4 Å². The third-order valence-electron chi connectivity index (χ3n) is 5.49. The van der Waals surface area contributed by atoms with Crippen LogP contribution in [0.5, 0.6) is 0 Å². The normalized spacial score (nSPS) is 20.1. The maximum absolute atomic E-state index is 5.97. The largest absolute Gasteiger partial charge is 0.271 e. The Bertz CT molecular complexity index is 997. The Hall–Kier alpha value is -2.27. The fourth-order valence-corrected chi connectivity index (χ4v) is 4.13. The SMILES string of the molecule is Cc1ccc2nc(C=Cc3ccc(Cl)cc3)nc(C3CCCC(NN)C3)c2c1. The number of aromatic nitrogens is 2. The summed E-state index contributed by atoms with van der Waals surface area (Å²) in [6.45, 7) is 2.11. The number of hydrazine groups is 1. The van der Waals surface area contributed by atoms with Gasteiger partial charge < -0.3 is 0 Å². The summed E-state index contributed by atoms with van der Waals surface area (Å²) in [5.41, 5.74) is 7.40. The summed E-state index contributed by atoms with van der Waals surface area (Å²) < 4.78 is 0. The first-order valence-corrected chi connectivity index (χ1v) is 10.2. The number of rotatable bonds is 4. The molecule has 1 saturated carbocycles. The van der Waals surface area contributed by atoms with Crippen molar-refractivity contribution >= 4 is 34.7 Å². The Morgan fingerprint density at radius 2 is 1.89 bits per heavy atom. The van der Waals surface area contributed by atoms with Gasteiger partial charge in [0.1, 0.15) is 0 Å². The average Bonchev–Trinajstić information content (AvgIpc) is 2.73.